The number of methoxy groups -OCH3 is 1. The molecule has 1 atom stereocenters. The highest BCUT2D eigenvalue weighted by Gasteiger charge is 2.40. The highest BCUT2D eigenvalue weighted by molar-refractivity contribution is 6.07. The van der Waals surface area contributed by atoms with Gasteiger partial charge in [-0.3, -0.25) is 9.59 Å². The Balaban J connectivity index is 1.64. The van der Waals surface area contributed by atoms with Crippen molar-refractivity contribution in [2.75, 3.05) is 7.11 Å². The third-order valence-electron chi connectivity index (χ3n) is 4.73. The van der Waals surface area contributed by atoms with Crippen LogP contribution in [0.2, 0.25) is 0 Å². The van der Waals surface area contributed by atoms with Gasteiger partial charge in [-0.2, -0.15) is 0 Å². The Hall–Kier alpha value is -3.08. The van der Waals surface area contributed by atoms with Gasteiger partial charge in [-0.1, -0.05) is 36.4 Å². The third-order valence-corrected chi connectivity index (χ3v) is 4.73. The molecule has 2 heterocycles. The van der Waals surface area contributed by atoms with E-state index in [9.17, 15) is 9.59 Å². The maximum atomic E-state index is 12.9. The lowest BCUT2D eigenvalue weighted by molar-refractivity contribution is -0.143. The molecule has 2 aromatic rings. The summed E-state index contributed by atoms with van der Waals surface area (Å²) < 4.78 is 5.14. The average Bonchev–Trinajstić information content (AvgIpc) is 2.65. The molecule has 0 unspecified atom stereocenters. The number of hydrogen-bond donors (Lipinski definition) is 1. The second-order valence-electron chi connectivity index (χ2n) is 6.24. The number of hydrogen-bond acceptors (Lipinski definition) is 3. The molecular formula is C20H18N2O3. The number of ether oxygens (including phenoxy) is 1. The van der Waals surface area contributed by atoms with Crippen LogP contribution in [0.5, 0.6) is 5.75 Å². The Morgan fingerprint density at radius 1 is 1.08 bits per heavy atom. The van der Waals surface area contributed by atoms with Crippen LogP contribution in [0.1, 0.15) is 16.7 Å². The van der Waals surface area contributed by atoms with Crippen LogP contribution in [0.15, 0.2) is 54.2 Å². The first-order valence-corrected chi connectivity index (χ1v) is 8.20. The fraction of sp³-hybridized carbons (Fsp3) is 0.200. The van der Waals surface area contributed by atoms with Gasteiger partial charge >= 0.3 is 0 Å². The topological polar surface area (TPSA) is 58.6 Å². The van der Waals surface area contributed by atoms with Gasteiger partial charge < -0.3 is 15.0 Å². The molecule has 0 saturated carbocycles. The lowest BCUT2D eigenvalue weighted by Gasteiger charge is -2.39. The molecule has 2 aromatic carbocycles. The number of fused-ring (bicyclic) bond motifs is 2. The molecule has 1 N–H and O–H groups in total. The van der Waals surface area contributed by atoms with E-state index in [-0.39, 0.29) is 11.8 Å². The van der Waals surface area contributed by atoms with Crippen LogP contribution in [-0.4, -0.2) is 29.9 Å². The van der Waals surface area contributed by atoms with Gasteiger partial charge in [0.25, 0.3) is 5.91 Å². The monoisotopic (exact) mass is 334 g/mol. The van der Waals surface area contributed by atoms with Crippen molar-refractivity contribution in [3.8, 4) is 5.75 Å². The molecule has 1 saturated heterocycles. The maximum absolute atomic E-state index is 12.9. The molecule has 0 aliphatic carbocycles. The summed E-state index contributed by atoms with van der Waals surface area (Å²) >= 11 is 0. The molecule has 126 valence electrons. The van der Waals surface area contributed by atoms with Gasteiger partial charge in [-0.05, 0) is 34.9 Å². The van der Waals surface area contributed by atoms with Crippen LogP contribution in [-0.2, 0) is 22.6 Å². The molecule has 0 bridgehead atoms. The number of nitrogens with one attached hydrogen (secondary N) is 1. The molecule has 2 aliphatic heterocycles. The van der Waals surface area contributed by atoms with Gasteiger partial charge in [0, 0.05) is 13.0 Å². The van der Waals surface area contributed by atoms with E-state index >= 15 is 0 Å². The highest BCUT2D eigenvalue weighted by Crippen LogP contribution is 2.27. The quantitative estimate of drug-likeness (QED) is 0.856. The summed E-state index contributed by atoms with van der Waals surface area (Å²) in [6.07, 6.45) is 2.26. The SMILES string of the molecule is COc1ccc(C=C2NC(=O)[C@H]3Cc4ccccc4CN3C2=O)cc1. The first-order valence-electron chi connectivity index (χ1n) is 8.20. The first kappa shape index (κ1) is 15.4. The van der Waals surface area contributed by atoms with Gasteiger partial charge in [-0.25, -0.2) is 0 Å². The number of nitrogens with zero attached hydrogens (tertiary/aromatic N) is 1. The number of carbonyl (C=O) groups excluding carboxylic acids is 2. The number of benzene rings is 2. The highest BCUT2D eigenvalue weighted by atomic mass is 16.5. The van der Waals surface area contributed by atoms with Crippen LogP contribution in [0.25, 0.3) is 6.08 Å². The van der Waals surface area contributed by atoms with Crippen molar-refractivity contribution < 1.29 is 14.3 Å². The second-order valence-corrected chi connectivity index (χ2v) is 6.24. The molecule has 2 aliphatic rings. The van der Waals surface area contributed by atoms with E-state index in [4.69, 9.17) is 4.74 Å². The largest absolute Gasteiger partial charge is 0.497 e. The van der Waals surface area contributed by atoms with E-state index in [0.717, 1.165) is 22.4 Å². The smallest absolute Gasteiger partial charge is 0.271 e. The van der Waals surface area contributed by atoms with Crippen LogP contribution in [0, 0.1) is 0 Å². The normalized spacial score (nSPS) is 20.8. The Bertz CT molecular complexity index is 871. The summed E-state index contributed by atoms with van der Waals surface area (Å²) in [5.74, 6) is 0.470. The fourth-order valence-electron chi connectivity index (χ4n) is 3.36. The Kier molecular flexibility index (Phi) is 3.76. The molecule has 0 aromatic heterocycles. The minimum Gasteiger partial charge on any atom is -0.497 e. The van der Waals surface area contributed by atoms with Crippen molar-refractivity contribution in [3.05, 3.63) is 70.9 Å². The lowest BCUT2D eigenvalue weighted by Crippen LogP contribution is -2.58. The first-order chi connectivity index (χ1) is 12.2. The summed E-state index contributed by atoms with van der Waals surface area (Å²) in [4.78, 5) is 27.0. The molecule has 4 rings (SSSR count). The summed E-state index contributed by atoms with van der Waals surface area (Å²) in [5, 5.41) is 2.77. The van der Waals surface area contributed by atoms with Gasteiger partial charge in [0.2, 0.25) is 5.91 Å². The molecule has 5 nitrogen and oxygen atoms in total. The minimum absolute atomic E-state index is 0.131. The number of carbonyl (C=O) groups is 2. The molecule has 25 heavy (non-hydrogen) atoms. The number of amides is 2. The van der Waals surface area contributed by atoms with E-state index in [1.165, 1.54) is 0 Å². The van der Waals surface area contributed by atoms with Gasteiger partial charge in [0.05, 0.1) is 7.11 Å². The molecule has 2 amide bonds. The summed E-state index contributed by atoms with van der Waals surface area (Å²) in [6, 6.07) is 14.9. The van der Waals surface area contributed by atoms with Crippen molar-refractivity contribution in [2.45, 2.75) is 19.0 Å². The van der Waals surface area contributed by atoms with Crippen molar-refractivity contribution in [1.82, 2.24) is 10.2 Å². The van der Waals surface area contributed by atoms with E-state index in [1.807, 2.05) is 48.5 Å². The molecule has 0 spiro atoms. The van der Waals surface area contributed by atoms with Gasteiger partial charge in [0.1, 0.15) is 17.5 Å². The van der Waals surface area contributed by atoms with Crippen molar-refractivity contribution in [1.29, 1.82) is 0 Å². The van der Waals surface area contributed by atoms with E-state index in [1.54, 1.807) is 18.1 Å². The maximum Gasteiger partial charge on any atom is 0.271 e. The van der Waals surface area contributed by atoms with E-state index < -0.39 is 6.04 Å². The zero-order valence-corrected chi connectivity index (χ0v) is 13.9. The van der Waals surface area contributed by atoms with Gasteiger partial charge in [-0.15, -0.1) is 0 Å². The minimum atomic E-state index is -0.435. The molecule has 1 fully saturated rings. The predicted molar refractivity (Wildman–Crippen MR) is 93.6 cm³/mol. The van der Waals surface area contributed by atoms with Crippen molar-refractivity contribution in [2.24, 2.45) is 0 Å². The average molecular weight is 334 g/mol. The summed E-state index contributed by atoms with van der Waals surface area (Å²) in [7, 11) is 1.60. The Morgan fingerprint density at radius 2 is 1.80 bits per heavy atom. The lowest BCUT2D eigenvalue weighted by atomic mass is 9.91. The van der Waals surface area contributed by atoms with E-state index in [0.29, 0.717) is 18.7 Å². The fourth-order valence-corrected chi connectivity index (χ4v) is 3.36. The number of piperazine rings is 1. The standard InChI is InChI=1S/C20H18N2O3/c1-25-16-8-6-13(7-9-16)10-17-20(24)22-12-15-5-3-2-4-14(15)11-18(22)19(23)21-17/h2-10,18H,11-12H2,1H3,(H,21,23)/t18-/m1/s1. The molecular weight excluding hydrogens is 316 g/mol. The number of rotatable bonds is 2. The predicted octanol–water partition coefficient (Wildman–Crippen LogP) is 2.12. The Labute approximate surface area is 145 Å². The third kappa shape index (κ3) is 2.78. The van der Waals surface area contributed by atoms with Gasteiger partial charge in [0.15, 0.2) is 0 Å². The summed E-state index contributed by atoms with van der Waals surface area (Å²) in [5.41, 5.74) is 3.38. The van der Waals surface area contributed by atoms with Crippen LogP contribution >= 0.6 is 0 Å². The zero-order valence-electron chi connectivity index (χ0n) is 13.9. The zero-order chi connectivity index (χ0) is 17.4. The van der Waals surface area contributed by atoms with Crippen LogP contribution in [0.4, 0.5) is 0 Å². The van der Waals surface area contributed by atoms with Crippen molar-refractivity contribution >= 4 is 17.9 Å². The second kappa shape index (κ2) is 6.09. The molecule has 5 heteroatoms. The van der Waals surface area contributed by atoms with Crippen molar-refractivity contribution in [3.63, 3.8) is 0 Å². The van der Waals surface area contributed by atoms with Crippen LogP contribution in [0.3, 0.4) is 0 Å². The Morgan fingerprint density at radius 3 is 2.52 bits per heavy atom. The van der Waals surface area contributed by atoms with E-state index in [2.05, 4.69) is 5.32 Å². The van der Waals surface area contributed by atoms with Crippen LogP contribution < -0.4 is 10.1 Å². The molecule has 0 radical (unpaired) electrons. The summed E-state index contributed by atoms with van der Waals surface area (Å²) in [6.45, 7) is 0.465.